The number of rotatable bonds is 8. The normalized spacial score (nSPS) is 20.3. The summed E-state index contributed by atoms with van der Waals surface area (Å²) in [6, 6.07) is 6.92. The molecule has 2 aromatic rings. The summed E-state index contributed by atoms with van der Waals surface area (Å²) in [4.78, 5) is 50.1. The number of hydrogen-bond donors (Lipinski definition) is 4. The van der Waals surface area contributed by atoms with Crippen LogP contribution in [0.25, 0.3) is 0 Å². The topological polar surface area (TPSA) is 181 Å². The Balaban J connectivity index is 1.44. The van der Waals surface area contributed by atoms with E-state index in [1.807, 2.05) is 0 Å². The lowest BCUT2D eigenvalue weighted by Crippen LogP contribution is -2.71. The van der Waals surface area contributed by atoms with Crippen LogP contribution in [0.1, 0.15) is 22.3 Å². The Morgan fingerprint density at radius 1 is 1.32 bits per heavy atom. The summed E-state index contributed by atoms with van der Waals surface area (Å²) in [6.07, 6.45) is 0. The van der Waals surface area contributed by atoms with Crippen molar-refractivity contribution in [3.05, 3.63) is 53.1 Å². The van der Waals surface area contributed by atoms with Gasteiger partial charge in [0.15, 0.2) is 0 Å². The highest BCUT2D eigenvalue weighted by molar-refractivity contribution is 8.01. The molecule has 14 heteroatoms. The van der Waals surface area contributed by atoms with Crippen LogP contribution < -0.4 is 16.4 Å². The van der Waals surface area contributed by atoms with Gasteiger partial charge in [-0.15, -0.1) is 22.0 Å². The Kier molecular flexibility index (Phi) is 6.90. The number of β-lactam (4-membered cyclic amide) rings is 1. The van der Waals surface area contributed by atoms with Crippen LogP contribution in [0.4, 0.5) is 0 Å². The SMILES string of the molecule is CNC(=O)c1nnc(SCC2=C(C(=O)O)N3C(=O)C(NC(=O)C(N)c4ccccc4)[C@@H]3SC2)o1. The summed E-state index contributed by atoms with van der Waals surface area (Å²) < 4.78 is 5.24. The van der Waals surface area contributed by atoms with Crippen molar-refractivity contribution in [2.45, 2.75) is 22.7 Å². The fourth-order valence-corrected chi connectivity index (χ4v) is 5.71. The quantitative estimate of drug-likeness (QED) is 0.280. The average molecular weight is 505 g/mol. The van der Waals surface area contributed by atoms with Crippen molar-refractivity contribution >= 4 is 47.2 Å². The van der Waals surface area contributed by atoms with E-state index in [-0.39, 0.29) is 22.6 Å². The zero-order valence-electron chi connectivity index (χ0n) is 17.8. The van der Waals surface area contributed by atoms with Crippen molar-refractivity contribution < 1.29 is 28.7 Å². The third-order valence-electron chi connectivity index (χ3n) is 5.19. The van der Waals surface area contributed by atoms with Crippen molar-refractivity contribution in [1.29, 1.82) is 0 Å². The summed E-state index contributed by atoms with van der Waals surface area (Å²) in [7, 11) is 1.42. The number of nitrogens with two attached hydrogens (primary N) is 1. The highest BCUT2D eigenvalue weighted by Gasteiger charge is 2.54. The van der Waals surface area contributed by atoms with Gasteiger partial charge in [0.05, 0.1) is 0 Å². The average Bonchev–Trinajstić information content (AvgIpc) is 3.33. The van der Waals surface area contributed by atoms with E-state index in [0.29, 0.717) is 16.9 Å². The van der Waals surface area contributed by atoms with Crippen molar-refractivity contribution in [2.24, 2.45) is 5.73 Å². The minimum Gasteiger partial charge on any atom is -0.477 e. The predicted molar refractivity (Wildman–Crippen MR) is 121 cm³/mol. The molecule has 1 aromatic heterocycles. The first kappa shape index (κ1) is 23.8. The van der Waals surface area contributed by atoms with E-state index in [1.54, 1.807) is 30.3 Å². The van der Waals surface area contributed by atoms with E-state index in [4.69, 9.17) is 10.2 Å². The lowest BCUT2D eigenvalue weighted by molar-refractivity contribution is -0.150. The van der Waals surface area contributed by atoms with Gasteiger partial charge in [-0.3, -0.25) is 19.3 Å². The summed E-state index contributed by atoms with van der Waals surface area (Å²) in [5.41, 5.74) is 6.96. The van der Waals surface area contributed by atoms with Gasteiger partial charge in [-0.25, -0.2) is 4.79 Å². The Hall–Kier alpha value is -3.36. The van der Waals surface area contributed by atoms with Gasteiger partial charge in [0.25, 0.3) is 11.1 Å². The Labute approximate surface area is 201 Å². The van der Waals surface area contributed by atoms with Crippen LogP contribution in [0.2, 0.25) is 0 Å². The zero-order chi connectivity index (χ0) is 24.4. The van der Waals surface area contributed by atoms with E-state index in [1.165, 1.54) is 23.7 Å². The van der Waals surface area contributed by atoms with Crippen LogP contribution in [-0.2, 0) is 14.4 Å². The number of nitrogens with one attached hydrogen (secondary N) is 2. The van der Waals surface area contributed by atoms with Crippen molar-refractivity contribution in [3.8, 4) is 0 Å². The molecule has 0 radical (unpaired) electrons. The first-order valence-electron chi connectivity index (χ1n) is 10.0. The fourth-order valence-electron chi connectivity index (χ4n) is 3.46. The van der Waals surface area contributed by atoms with E-state index >= 15 is 0 Å². The van der Waals surface area contributed by atoms with Crippen molar-refractivity contribution in [3.63, 3.8) is 0 Å². The van der Waals surface area contributed by atoms with Gasteiger partial charge in [0, 0.05) is 18.6 Å². The minimum absolute atomic E-state index is 0.0953. The van der Waals surface area contributed by atoms with E-state index in [2.05, 4.69) is 20.8 Å². The maximum atomic E-state index is 12.8. The molecular formula is C20H20N6O6S2. The predicted octanol–water partition coefficient (Wildman–Crippen LogP) is -0.0401. The molecule has 4 rings (SSSR count). The molecule has 1 fully saturated rings. The number of hydrogen-bond acceptors (Lipinski definition) is 10. The number of benzene rings is 1. The molecule has 3 amide bonds. The van der Waals surface area contributed by atoms with Gasteiger partial charge in [0.2, 0.25) is 5.91 Å². The third kappa shape index (κ3) is 4.51. The number of carbonyl (C=O) groups excluding carboxylic acids is 3. The largest absolute Gasteiger partial charge is 0.477 e. The second-order valence-electron chi connectivity index (χ2n) is 7.28. The van der Waals surface area contributed by atoms with Crippen LogP contribution in [0, 0.1) is 0 Å². The Bertz CT molecular complexity index is 1170. The number of amides is 3. The number of carboxylic acids is 1. The maximum absolute atomic E-state index is 12.8. The number of thioether (sulfide) groups is 2. The van der Waals surface area contributed by atoms with Gasteiger partial charge in [-0.2, -0.15) is 0 Å². The molecule has 0 saturated carbocycles. The van der Waals surface area contributed by atoms with E-state index in [0.717, 1.165) is 11.8 Å². The van der Waals surface area contributed by atoms with Crippen LogP contribution in [0.3, 0.4) is 0 Å². The molecule has 2 unspecified atom stereocenters. The molecule has 1 aromatic carbocycles. The van der Waals surface area contributed by atoms with Crippen LogP contribution in [0.5, 0.6) is 0 Å². The second-order valence-corrected chi connectivity index (χ2v) is 9.31. The number of carbonyl (C=O) groups is 4. The van der Waals surface area contributed by atoms with Crippen LogP contribution in [0.15, 0.2) is 51.2 Å². The summed E-state index contributed by atoms with van der Waals surface area (Å²) in [5, 5.41) is 21.7. The number of aromatic nitrogens is 2. The molecule has 0 aliphatic carbocycles. The number of nitrogens with zero attached hydrogens (tertiary/aromatic N) is 3. The van der Waals surface area contributed by atoms with Crippen molar-refractivity contribution in [2.75, 3.05) is 18.6 Å². The highest BCUT2D eigenvalue weighted by atomic mass is 32.2. The molecular weight excluding hydrogens is 484 g/mol. The van der Waals surface area contributed by atoms with Gasteiger partial charge < -0.3 is 25.9 Å². The highest BCUT2D eigenvalue weighted by Crippen LogP contribution is 2.41. The van der Waals surface area contributed by atoms with Gasteiger partial charge in [-0.1, -0.05) is 42.1 Å². The van der Waals surface area contributed by atoms with Gasteiger partial charge in [-0.05, 0) is 11.1 Å². The van der Waals surface area contributed by atoms with Crippen molar-refractivity contribution in [1.82, 2.24) is 25.7 Å². The smallest absolute Gasteiger partial charge is 0.352 e. The zero-order valence-corrected chi connectivity index (χ0v) is 19.4. The number of aliphatic carboxylic acids is 1. The van der Waals surface area contributed by atoms with Crippen LogP contribution >= 0.6 is 23.5 Å². The molecule has 3 atom stereocenters. The lowest BCUT2D eigenvalue weighted by Gasteiger charge is -2.49. The molecule has 34 heavy (non-hydrogen) atoms. The maximum Gasteiger partial charge on any atom is 0.352 e. The number of carboxylic acid groups (broad SMARTS) is 1. The number of fused-ring (bicyclic) bond motifs is 1. The fraction of sp³-hybridized carbons (Fsp3) is 0.300. The third-order valence-corrected chi connectivity index (χ3v) is 7.43. The molecule has 2 aliphatic heterocycles. The molecule has 178 valence electrons. The lowest BCUT2D eigenvalue weighted by atomic mass is 10.0. The Morgan fingerprint density at radius 2 is 2.06 bits per heavy atom. The molecule has 5 N–H and O–H groups in total. The standard InChI is InChI=1S/C20H20N6O6S2/c1-22-15(28)16-24-25-20(32-16)34-8-10-7-33-18-12(17(29)26(18)13(10)19(30)31)23-14(27)11(21)9-5-3-2-4-6-9/h2-6,11-12,18H,7-8,21H2,1H3,(H,22,28)(H,23,27)(H,30,31)/t11?,12?,18-/m0/s1. The molecule has 0 bridgehead atoms. The molecule has 1 saturated heterocycles. The molecule has 3 heterocycles. The second kappa shape index (κ2) is 9.87. The Morgan fingerprint density at radius 3 is 2.74 bits per heavy atom. The van der Waals surface area contributed by atoms with E-state index in [9.17, 15) is 24.3 Å². The van der Waals surface area contributed by atoms with Gasteiger partial charge >= 0.3 is 17.8 Å². The monoisotopic (exact) mass is 504 g/mol. The van der Waals surface area contributed by atoms with Crippen LogP contribution in [-0.4, -0.2) is 73.9 Å². The first-order chi connectivity index (χ1) is 16.3. The van der Waals surface area contributed by atoms with Gasteiger partial charge in [0.1, 0.15) is 23.2 Å². The molecule has 2 aliphatic rings. The molecule has 0 spiro atoms. The summed E-state index contributed by atoms with van der Waals surface area (Å²) in [6.45, 7) is 0. The first-order valence-corrected chi connectivity index (χ1v) is 12.0. The van der Waals surface area contributed by atoms with E-state index < -0.39 is 41.1 Å². The molecule has 12 nitrogen and oxygen atoms in total. The summed E-state index contributed by atoms with van der Waals surface area (Å²) >= 11 is 2.40. The summed E-state index contributed by atoms with van der Waals surface area (Å²) in [5.74, 6) is -2.56. The minimum atomic E-state index is -1.25.